The van der Waals surface area contributed by atoms with Crippen molar-refractivity contribution in [2.24, 2.45) is 50.2 Å². The van der Waals surface area contributed by atoms with E-state index in [0.717, 1.165) is 12.0 Å². The largest absolute Gasteiger partial charge is 0.481 e. The normalized spacial score (nSPS) is 54.4. The second-order valence-corrected chi connectivity index (χ2v) is 20.9. The number of fused-ring (bicyclic) bond motifs is 7. The van der Waals surface area contributed by atoms with Crippen molar-refractivity contribution < 1.29 is 74.8 Å². The van der Waals surface area contributed by atoms with Gasteiger partial charge in [-0.1, -0.05) is 60.1 Å². The zero-order valence-electron chi connectivity index (χ0n) is 34.4. The van der Waals surface area contributed by atoms with Crippen molar-refractivity contribution in [1.29, 1.82) is 0 Å². The maximum absolute atomic E-state index is 13.1. The molecular formula is C42H68O15. The van der Waals surface area contributed by atoms with Gasteiger partial charge in [0.2, 0.25) is 0 Å². The molecule has 7 aliphatic rings. The summed E-state index contributed by atoms with van der Waals surface area (Å²) in [5, 5.41) is 108. The summed E-state index contributed by atoms with van der Waals surface area (Å²) >= 11 is 0. The number of carbonyl (C=O) groups is 1. The average Bonchev–Trinajstić information content (AvgIpc) is 3.11. The number of aliphatic carboxylic acids is 1. The molecule has 0 aromatic carbocycles. The van der Waals surface area contributed by atoms with E-state index < -0.39 is 115 Å². The molecule has 5 aliphatic carbocycles. The molecule has 0 spiro atoms. The number of rotatable bonds is 7. The average molecular weight is 813 g/mol. The Balaban J connectivity index is 1.11. The Hall–Kier alpha value is -1.31. The van der Waals surface area contributed by atoms with Gasteiger partial charge in [-0.2, -0.15) is 0 Å². The van der Waals surface area contributed by atoms with E-state index in [9.17, 15) is 55.9 Å². The first kappa shape index (κ1) is 43.8. The van der Waals surface area contributed by atoms with Crippen molar-refractivity contribution in [1.82, 2.24) is 0 Å². The van der Waals surface area contributed by atoms with Gasteiger partial charge < -0.3 is 70.0 Å². The smallest absolute Gasteiger partial charge is 0.312 e. The fourth-order valence-electron chi connectivity index (χ4n) is 14.1. The minimum absolute atomic E-state index is 0.142. The van der Waals surface area contributed by atoms with Gasteiger partial charge in [0.05, 0.1) is 31.5 Å². The lowest BCUT2D eigenvalue weighted by Crippen LogP contribution is -2.70. The number of aliphatic hydroxyl groups is 9. The molecule has 0 amide bonds. The lowest BCUT2D eigenvalue weighted by molar-refractivity contribution is -0.369. The highest BCUT2D eigenvalue weighted by Crippen LogP contribution is 2.76. The van der Waals surface area contributed by atoms with Crippen LogP contribution < -0.4 is 0 Å². The third-order valence-corrected chi connectivity index (χ3v) is 17.1. The van der Waals surface area contributed by atoms with E-state index in [1.165, 1.54) is 0 Å². The van der Waals surface area contributed by atoms with Crippen LogP contribution in [-0.2, 0) is 23.7 Å². The molecule has 10 N–H and O–H groups in total. The van der Waals surface area contributed by atoms with E-state index in [4.69, 9.17) is 18.9 Å². The van der Waals surface area contributed by atoms with Crippen LogP contribution in [0.2, 0.25) is 0 Å². The third kappa shape index (κ3) is 6.35. The molecule has 0 bridgehead atoms. The number of carboxylic acids is 1. The van der Waals surface area contributed by atoms with Crippen LogP contribution in [0, 0.1) is 50.2 Å². The van der Waals surface area contributed by atoms with Crippen LogP contribution in [0.25, 0.3) is 0 Å². The van der Waals surface area contributed by atoms with Gasteiger partial charge in [0.1, 0.15) is 54.2 Å². The SMILES string of the molecule is CC1(C)C[C@H](O)[C@]2(C(=O)O)CC[C@]3(C)C(=CC[C@@H]4[C@@]5(C)CC[C@H](O[C@@H]6O[C@H](CO)[C@@H](O[C@@H]7O[C@H](CO)[C@@H](O)[C@H](O)[C@H]7O)[C@H](O)[C@H]6O)C(C)(C)[C@@H]5[C@H](O)C[C@]43C)[C@@H]2C1. The molecule has 0 unspecified atom stereocenters. The summed E-state index contributed by atoms with van der Waals surface area (Å²) in [6.07, 6.45) is -11.0. The fourth-order valence-corrected chi connectivity index (χ4v) is 14.1. The summed E-state index contributed by atoms with van der Waals surface area (Å²) in [6.45, 7) is 13.7. The van der Waals surface area contributed by atoms with Crippen LogP contribution >= 0.6 is 0 Å². The number of aliphatic hydroxyl groups excluding tert-OH is 9. The molecule has 2 saturated heterocycles. The molecule has 6 fully saturated rings. The quantitative estimate of drug-likeness (QED) is 0.126. The van der Waals surface area contributed by atoms with Crippen molar-refractivity contribution in [2.45, 2.75) is 180 Å². The minimum Gasteiger partial charge on any atom is -0.481 e. The predicted octanol–water partition coefficient (Wildman–Crippen LogP) is 0.824. The van der Waals surface area contributed by atoms with Crippen molar-refractivity contribution in [3.05, 3.63) is 11.6 Å². The highest BCUT2D eigenvalue weighted by atomic mass is 16.7. The van der Waals surface area contributed by atoms with Crippen molar-refractivity contribution in [3.63, 3.8) is 0 Å². The highest BCUT2D eigenvalue weighted by molar-refractivity contribution is 5.77. The Bertz CT molecular complexity index is 1550. The summed E-state index contributed by atoms with van der Waals surface area (Å²) < 4.78 is 23.7. The van der Waals surface area contributed by atoms with Gasteiger partial charge in [-0.05, 0) is 96.2 Å². The Kier molecular flexibility index (Phi) is 11.3. The molecule has 7 rings (SSSR count). The maximum Gasteiger partial charge on any atom is 0.312 e. The van der Waals surface area contributed by atoms with Gasteiger partial charge in [-0.25, -0.2) is 0 Å². The molecule has 326 valence electrons. The Morgan fingerprint density at radius 2 is 1.37 bits per heavy atom. The van der Waals surface area contributed by atoms with Gasteiger partial charge in [-0.15, -0.1) is 0 Å². The molecule has 0 aromatic rings. The van der Waals surface area contributed by atoms with Crippen molar-refractivity contribution in [3.8, 4) is 0 Å². The number of carboxylic acid groups (broad SMARTS) is 1. The topological polar surface area (TPSA) is 256 Å². The fraction of sp³-hybridized carbons (Fsp3) is 0.929. The monoisotopic (exact) mass is 812 g/mol. The lowest BCUT2D eigenvalue weighted by atomic mass is 9.33. The number of allylic oxidation sites excluding steroid dienone is 2. The molecular weight excluding hydrogens is 744 g/mol. The van der Waals surface area contributed by atoms with Crippen molar-refractivity contribution >= 4 is 5.97 Å². The minimum atomic E-state index is -1.78. The zero-order chi connectivity index (χ0) is 42.0. The highest BCUT2D eigenvalue weighted by Gasteiger charge is 2.72. The summed E-state index contributed by atoms with van der Waals surface area (Å²) in [7, 11) is 0. The summed E-state index contributed by atoms with van der Waals surface area (Å²) in [5.74, 6) is -1.35. The third-order valence-electron chi connectivity index (χ3n) is 17.1. The van der Waals surface area contributed by atoms with E-state index in [0.29, 0.717) is 44.9 Å². The standard InChI is InChI=1S/C42H68O15/c1-37(2)14-20-19-8-9-24-39(5)11-10-26(38(3,4)33(39)21(45)15-41(24,7)40(19,6)12-13-42(20,36(52)53)25(46)16-37)56-34-31(51)29(49)32(23(18-44)55-34)57-35-30(50)28(48)27(47)22(17-43)54-35/h8,20-35,43-51H,9-18H2,1-7H3,(H,52,53)/t20-,21+,22+,23+,24+,25-,26-,27+,28-,29+,30+,31+,32+,33-,34-,35-,39+,40+,41+,42-/m0/s1. The van der Waals surface area contributed by atoms with Crippen LogP contribution in [0.1, 0.15) is 99.8 Å². The summed E-state index contributed by atoms with van der Waals surface area (Å²) in [5.41, 5.74) is -2.15. The van der Waals surface area contributed by atoms with Crippen molar-refractivity contribution in [2.75, 3.05) is 13.2 Å². The van der Waals surface area contributed by atoms with Gasteiger partial charge >= 0.3 is 5.97 Å². The first-order valence-electron chi connectivity index (χ1n) is 21.0. The number of hydrogen-bond donors (Lipinski definition) is 10. The lowest BCUT2D eigenvalue weighted by Gasteiger charge is -2.72. The molecule has 0 radical (unpaired) electrons. The maximum atomic E-state index is 13.1. The molecule has 15 heteroatoms. The van der Waals surface area contributed by atoms with Gasteiger partial charge in [0, 0.05) is 0 Å². The second-order valence-electron chi connectivity index (χ2n) is 20.9. The molecule has 2 aliphatic heterocycles. The molecule has 15 nitrogen and oxygen atoms in total. The van der Waals surface area contributed by atoms with Crippen LogP contribution in [0.3, 0.4) is 0 Å². The van der Waals surface area contributed by atoms with E-state index in [1.54, 1.807) is 0 Å². The molecule has 4 saturated carbocycles. The molecule has 57 heavy (non-hydrogen) atoms. The predicted molar refractivity (Wildman–Crippen MR) is 201 cm³/mol. The molecule has 2 heterocycles. The molecule has 20 atom stereocenters. The number of ether oxygens (including phenoxy) is 4. The van der Waals surface area contributed by atoms with Crippen LogP contribution in [0.5, 0.6) is 0 Å². The van der Waals surface area contributed by atoms with Crippen LogP contribution in [0.15, 0.2) is 11.6 Å². The summed E-state index contributed by atoms with van der Waals surface area (Å²) in [4.78, 5) is 13.1. The van der Waals surface area contributed by atoms with Gasteiger partial charge in [0.25, 0.3) is 0 Å². The summed E-state index contributed by atoms with van der Waals surface area (Å²) in [6, 6.07) is 0. The van der Waals surface area contributed by atoms with E-state index in [1.807, 2.05) is 13.8 Å². The van der Waals surface area contributed by atoms with Gasteiger partial charge in [0.15, 0.2) is 12.6 Å². The Labute approximate surface area is 335 Å². The van der Waals surface area contributed by atoms with Crippen LogP contribution in [0.4, 0.5) is 0 Å². The van der Waals surface area contributed by atoms with Crippen LogP contribution in [-0.4, -0.2) is 150 Å². The van der Waals surface area contributed by atoms with Gasteiger partial charge in [-0.3, -0.25) is 4.79 Å². The van der Waals surface area contributed by atoms with E-state index >= 15 is 0 Å². The van der Waals surface area contributed by atoms with E-state index in [-0.39, 0.29) is 34.0 Å². The zero-order valence-corrected chi connectivity index (χ0v) is 34.4. The van der Waals surface area contributed by atoms with E-state index in [2.05, 4.69) is 40.7 Å². The number of hydrogen-bond acceptors (Lipinski definition) is 14. The molecule has 0 aromatic heterocycles. The Morgan fingerprint density at radius 1 is 0.754 bits per heavy atom. The Morgan fingerprint density at radius 3 is 2.00 bits per heavy atom. The second kappa shape index (κ2) is 14.7. The first-order valence-corrected chi connectivity index (χ1v) is 21.0. The first-order chi connectivity index (χ1) is 26.4.